The molecule has 0 unspecified atom stereocenters. The summed E-state index contributed by atoms with van der Waals surface area (Å²) in [5, 5.41) is 5.05. The van der Waals surface area contributed by atoms with Crippen molar-refractivity contribution < 1.29 is 0 Å². The number of para-hydroxylation sites is 1. The van der Waals surface area contributed by atoms with E-state index in [9.17, 15) is 0 Å². The van der Waals surface area contributed by atoms with Crippen LogP contribution in [0, 0.1) is 0 Å². The number of aryl methyl sites for hydroxylation is 1. The number of rotatable bonds is 6. The molecule has 0 saturated heterocycles. The van der Waals surface area contributed by atoms with Crippen molar-refractivity contribution in [3.63, 3.8) is 0 Å². The third-order valence-corrected chi connectivity index (χ3v) is 4.75. The molecule has 0 radical (unpaired) electrons. The lowest BCUT2D eigenvalue weighted by molar-refractivity contribution is 0.396. The quantitative estimate of drug-likeness (QED) is 0.638. The molecule has 3 nitrogen and oxygen atoms in total. The molecule has 1 aliphatic rings. The van der Waals surface area contributed by atoms with Crippen molar-refractivity contribution in [1.82, 2.24) is 9.88 Å². The second kappa shape index (κ2) is 7.78. The average Bonchev–Trinajstić information content (AvgIpc) is 2.78. The zero-order chi connectivity index (χ0) is 16.1. The van der Waals surface area contributed by atoms with Gasteiger partial charge in [-0.15, -0.1) is 0 Å². The van der Waals surface area contributed by atoms with Crippen LogP contribution in [0.5, 0.6) is 0 Å². The number of pyridine rings is 1. The van der Waals surface area contributed by atoms with Crippen molar-refractivity contribution in [3.8, 4) is 0 Å². The highest BCUT2D eigenvalue weighted by Gasteiger charge is 2.16. The maximum Gasteiger partial charge on any atom is 0.0726 e. The van der Waals surface area contributed by atoms with Crippen LogP contribution in [0.15, 0.2) is 24.3 Å². The minimum absolute atomic E-state index is 1.05. The van der Waals surface area contributed by atoms with E-state index in [4.69, 9.17) is 4.98 Å². The van der Waals surface area contributed by atoms with E-state index in [0.29, 0.717) is 0 Å². The third kappa shape index (κ3) is 4.03. The van der Waals surface area contributed by atoms with E-state index < -0.39 is 0 Å². The topological polar surface area (TPSA) is 28.2 Å². The molecule has 0 aliphatic heterocycles. The van der Waals surface area contributed by atoms with Crippen LogP contribution in [-0.4, -0.2) is 37.1 Å². The number of hydrogen-bond acceptors (Lipinski definition) is 3. The minimum Gasteiger partial charge on any atom is -0.384 e. The molecule has 23 heavy (non-hydrogen) atoms. The third-order valence-electron chi connectivity index (χ3n) is 4.75. The molecule has 1 heterocycles. The summed E-state index contributed by atoms with van der Waals surface area (Å²) in [5.41, 5.74) is 5.31. The molecule has 1 aliphatic carbocycles. The van der Waals surface area contributed by atoms with Crippen LogP contribution in [0.2, 0.25) is 0 Å². The Balaban J connectivity index is 1.83. The fourth-order valence-electron chi connectivity index (χ4n) is 3.52. The van der Waals surface area contributed by atoms with Crippen molar-refractivity contribution in [2.24, 2.45) is 0 Å². The molecule has 2 aromatic rings. The van der Waals surface area contributed by atoms with Crippen LogP contribution in [0.3, 0.4) is 0 Å². The summed E-state index contributed by atoms with van der Waals surface area (Å²) in [4.78, 5) is 7.22. The number of aromatic nitrogens is 1. The van der Waals surface area contributed by atoms with Crippen LogP contribution in [0.1, 0.15) is 43.4 Å². The zero-order valence-corrected chi connectivity index (χ0v) is 14.6. The summed E-state index contributed by atoms with van der Waals surface area (Å²) in [6.07, 6.45) is 8.66. The molecule has 1 aromatic heterocycles. The second-order valence-corrected chi connectivity index (χ2v) is 6.93. The normalized spacial score (nSPS) is 14.7. The highest BCUT2D eigenvalue weighted by Crippen LogP contribution is 2.32. The smallest absolute Gasteiger partial charge is 0.0726 e. The molecule has 0 atom stereocenters. The van der Waals surface area contributed by atoms with E-state index in [0.717, 1.165) is 25.0 Å². The Morgan fingerprint density at radius 1 is 1.04 bits per heavy atom. The molecule has 1 N–H and O–H groups in total. The standard InChI is InChI=1S/C20H29N3/c1-23(2)15-9-8-14-21-20-16-10-4-3-5-12-18(16)22-19-13-7-6-11-17(19)20/h6-7,11,13H,3-5,8-10,12,14-15H2,1-2H3,(H,21,22). The Labute approximate surface area is 140 Å². The lowest BCUT2D eigenvalue weighted by Gasteiger charge is -2.17. The summed E-state index contributed by atoms with van der Waals surface area (Å²) in [7, 11) is 4.29. The van der Waals surface area contributed by atoms with E-state index in [1.807, 2.05) is 0 Å². The van der Waals surface area contributed by atoms with Gasteiger partial charge in [0.15, 0.2) is 0 Å². The first-order valence-corrected chi connectivity index (χ1v) is 9.05. The van der Waals surface area contributed by atoms with Crippen LogP contribution in [0.25, 0.3) is 10.9 Å². The van der Waals surface area contributed by atoms with E-state index in [2.05, 4.69) is 48.6 Å². The van der Waals surface area contributed by atoms with Crippen molar-refractivity contribution in [3.05, 3.63) is 35.5 Å². The molecule has 0 fully saturated rings. The predicted octanol–water partition coefficient (Wildman–Crippen LogP) is 4.26. The van der Waals surface area contributed by atoms with Crippen molar-refractivity contribution in [2.45, 2.75) is 44.9 Å². The summed E-state index contributed by atoms with van der Waals surface area (Å²) in [6, 6.07) is 8.59. The SMILES string of the molecule is CN(C)CCCCNc1c2c(nc3ccccc13)CCCCC2. The van der Waals surface area contributed by atoms with Crippen molar-refractivity contribution >= 4 is 16.6 Å². The van der Waals surface area contributed by atoms with Gasteiger partial charge in [0.05, 0.1) is 5.52 Å². The van der Waals surface area contributed by atoms with E-state index >= 15 is 0 Å². The summed E-state index contributed by atoms with van der Waals surface area (Å²) in [5.74, 6) is 0. The van der Waals surface area contributed by atoms with E-state index in [1.54, 1.807) is 0 Å². The number of unbranched alkanes of at least 4 members (excludes halogenated alkanes) is 1. The summed E-state index contributed by atoms with van der Waals surface area (Å²) >= 11 is 0. The summed E-state index contributed by atoms with van der Waals surface area (Å²) in [6.45, 7) is 2.21. The van der Waals surface area contributed by atoms with E-state index in [-0.39, 0.29) is 0 Å². The van der Waals surface area contributed by atoms with Gasteiger partial charge in [0.25, 0.3) is 0 Å². The number of anilines is 1. The highest BCUT2D eigenvalue weighted by atomic mass is 15.0. The molecule has 1 aromatic carbocycles. The van der Waals surface area contributed by atoms with Gasteiger partial charge in [-0.2, -0.15) is 0 Å². The Bertz CT molecular complexity index is 649. The van der Waals surface area contributed by atoms with Gasteiger partial charge in [-0.05, 0) is 70.8 Å². The van der Waals surface area contributed by atoms with Gasteiger partial charge in [-0.1, -0.05) is 24.6 Å². The fraction of sp³-hybridized carbons (Fsp3) is 0.550. The molecule has 0 saturated carbocycles. The zero-order valence-electron chi connectivity index (χ0n) is 14.6. The Kier molecular flexibility index (Phi) is 5.50. The highest BCUT2D eigenvalue weighted by molar-refractivity contribution is 5.93. The van der Waals surface area contributed by atoms with Gasteiger partial charge in [0.2, 0.25) is 0 Å². The van der Waals surface area contributed by atoms with Crippen LogP contribution < -0.4 is 5.32 Å². The molecule has 3 rings (SSSR count). The summed E-state index contributed by atoms with van der Waals surface area (Å²) < 4.78 is 0. The Hall–Kier alpha value is -1.61. The monoisotopic (exact) mass is 311 g/mol. The second-order valence-electron chi connectivity index (χ2n) is 6.93. The Morgan fingerprint density at radius 3 is 2.74 bits per heavy atom. The average molecular weight is 311 g/mol. The Morgan fingerprint density at radius 2 is 1.87 bits per heavy atom. The molecule has 3 heteroatoms. The van der Waals surface area contributed by atoms with Gasteiger partial charge in [-0.3, -0.25) is 4.98 Å². The first-order chi connectivity index (χ1) is 11.3. The largest absolute Gasteiger partial charge is 0.384 e. The first-order valence-electron chi connectivity index (χ1n) is 9.05. The van der Waals surface area contributed by atoms with Gasteiger partial charge in [0.1, 0.15) is 0 Å². The van der Waals surface area contributed by atoms with Crippen molar-refractivity contribution in [2.75, 3.05) is 32.5 Å². The molecule has 124 valence electrons. The van der Waals surface area contributed by atoms with Crippen LogP contribution in [0.4, 0.5) is 5.69 Å². The van der Waals surface area contributed by atoms with Gasteiger partial charge in [-0.25, -0.2) is 0 Å². The minimum atomic E-state index is 1.05. The first kappa shape index (κ1) is 16.3. The van der Waals surface area contributed by atoms with Gasteiger partial charge >= 0.3 is 0 Å². The molecular formula is C20H29N3. The van der Waals surface area contributed by atoms with Gasteiger partial charge in [0, 0.05) is 23.3 Å². The number of fused-ring (bicyclic) bond motifs is 2. The van der Waals surface area contributed by atoms with Crippen LogP contribution >= 0.6 is 0 Å². The predicted molar refractivity (Wildman–Crippen MR) is 99.3 cm³/mol. The van der Waals surface area contributed by atoms with Crippen LogP contribution in [-0.2, 0) is 12.8 Å². The molecule has 0 bridgehead atoms. The fourth-order valence-corrected chi connectivity index (χ4v) is 3.52. The van der Waals surface area contributed by atoms with Gasteiger partial charge < -0.3 is 10.2 Å². The maximum absolute atomic E-state index is 4.96. The number of nitrogens with zero attached hydrogens (tertiary/aromatic N) is 2. The molecule has 0 amide bonds. The number of benzene rings is 1. The van der Waals surface area contributed by atoms with Crippen molar-refractivity contribution in [1.29, 1.82) is 0 Å². The molecule has 0 spiro atoms. The number of nitrogens with one attached hydrogen (secondary N) is 1. The number of hydrogen-bond donors (Lipinski definition) is 1. The molecular weight excluding hydrogens is 282 g/mol. The lowest BCUT2D eigenvalue weighted by atomic mass is 10.0. The van der Waals surface area contributed by atoms with E-state index in [1.165, 1.54) is 60.9 Å². The lowest BCUT2D eigenvalue weighted by Crippen LogP contribution is -2.14. The maximum atomic E-state index is 4.96.